The fourth-order valence-electron chi connectivity index (χ4n) is 2.32. The third-order valence-electron chi connectivity index (χ3n) is 3.65. The molecule has 1 fully saturated rings. The molecule has 7 nitrogen and oxygen atoms in total. The van der Waals surface area contributed by atoms with E-state index in [1.54, 1.807) is 7.05 Å². The Morgan fingerprint density at radius 1 is 1.36 bits per heavy atom. The maximum atomic E-state index is 12.4. The Balaban J connectivity index is 2.48. The van der Waals surface area contributed by atoms with Crippen molar-refractivity contribution in [3.8, 4) is 0 Å². The Bertz CT molecular complexity index is 457. The second-order valence-electron chi connectivity index (χ2n) is 5.84. The van der Waals surface area contributed by atoms with Gasteiger partial charge in [0.1, 0.15) is 0 Å². The van der Waals surface area contributed by atoms with E-state index in [0.29, 0.717) is 31.6 Å². The molecule has 3 unspecified atom stereocenters. The standard InChI is InChI=1S/C14H30N4O3S/c1-6-11(2)17-14(15-5)16-7-8-22(19,20)18-9-12(3)21-13(4)10-18/h11-13H,6-10H2,1-5H3,(H2,15,16,17). The lowest BCUT2D eigenvalue weighted by atomic mass is 10.3. The quantitative estimate of drug-likeness (QED) is 0.542. The van der Waals surface area contributed by atoms with Crippen LogP contribution < -0.4 is 10.6 Å². The van der Waals surface area contributed by atoms with Crippen LogP contribution >= 0.6 is 0 Å². The highest BCUT2D eigenvalue weighted by Crippen LogP contribution is 2.14. The highest BCUT2D eigenvalue weighted by Gasteiger charge is 2.30. The number of rotatable bonds is 6. The number of hydrogen-bond donors (Lipinski definition) is 2. The van der Waals surface area contributed by atoms with E-state index in [0.717, 1.165) is 6.42 Å². The first-order valence-corrected chi connectivity index (χ1v) is 9.49. The smallest absolute Gasteiger partial charge is 0.216 e. The minimum absolute atomic E-state index is 0.0493. The van der Waals surface area contributed by atoms with Crippen molar-refractivity contribution in [2.75, 3.05) is 32.4 Å². The van der Waals surface area contributed by atoms with Crippen molar-refractivity contribution in [3.05, 3.63) is 0 Å². The molecule has 8 heteroatoms. The summed E-state index contributed by atoms with van der Waals surface area (Å²) in [5.74, 6) is 0.682. The molecular formula is C14H30N4O3S. The molecule has 1 aliphatic heterocycles. The monoisotopic (exact) mass is 334 g/mol. The van der Waals surface area contributed by atoms with E-state index in [-0.39, 0.29) is 18.0 Å². The topological polar surface area (TPSA) is 83.0 Å². The molecule has 0 spiro atoms. The highest BCUT2D eigenvalue weighted by molar-refractivity contribution is 7.89. The molecule has 0 aliphatic carbocycles. The Morgan fingerprint density at radius 2 is 1.95 bits per heavy atom. The van der Waals surface area contributed by atoms with Crippen molar-refractivity contribution in [2.24, 2.45) is 4.99 Å². The SMILES string of the molecule is CCC(C)NC(=NC)NCCS(=O)(=O)N1CC(C)OC(C)C1. The second-order valence-corrected chi connectivity index (χ2v) is 7.93. The lowest BCUT2D eigenvalue weighted by molar-refractivity contribution is -0.0440. The molecule has 1 saturated heterocycles. The maximum Gasteiger partial charge on any atom is 0.216 e. The predicted molar refractivity (Wildman–Crippen MR) is 89.6 cm³/mol. The molecule has 3 atom stereocenters. The average Bonchev–Trinajstić information content (AvgIpc) is 2.44. The van der Waals surface area contributed by atoms with Gasteiger partial charge in [-0.15, -0.1) is 0 Å². The second kappa shape index (κ2) is 8.69. The normalized spacial score (nSPS) is 25.8. The van der Waals surface area contributed by atoms with Crippen LogP contribution in [0.2, 0.25) is 0 Å². The van der Waals surface area contributed by atoms with Crippen LogP contribution in [0.4, 0.5) is 0 Å². The molecule has 0 aromatic rings. The highest BCUT2D eigenvalue weighted by atomic mass is 32.2. The molecule has 0 amide bonds. The fraction of sp³-hybridized carbons (Fsp3) is 0.929. The average molecular weight is 334 g/mol. The van der Waals surface area contributed by atoms with Gasteiger partial charge in [-0.1, -0.05) is 6.92 Å². The van der Waals surface area contributed by atoms with Gasteiger partial charge in [0.2, 0.25) is 10.0 Å². The zero-order valence-electron chi connectivity index (χ0n) is 14.3. The Labute approximate surface area is 134 Å². The van der Waals surface area contributed by atoms with Gasteiger partial charge in [0.15, 0.2) is 5.96 Å². The number of nitrogens with zero attached hydrogens (tertiary/aromatic N) is 2. The summed E-state index contributed by atoms with van der Waals surface area (Å²) in [5, 5.41) is 6.26. The van der Waals surface area contributed by atoms with Crippen molar-refractivity contribution in [1.29, 1.82) is 0 Å². The first kappa shape index (κ1) is 19.2. The number of morpholine rings is 1. The van der Waals surface area contributed by atoms with Crippen molar-refractivity contribution in [1.82, 2.24) is 14.9 Å². The molecule has 0 bridgehead atoms. The van der Waals surface area contributed by atoms with Crippen LogP contribution in [0.1, 0.15) is 34.1 Å². The van der Waals surface area contributed by atoms with Crippen molar-refractivity contribution in [3.63, 3.8) is 0 Å². The van der Waals surface area contributed by atoms with Crippen LogP contribution in [0.5, 0.6) is 0 Å². The molecule has 130 valence electrons. The molecule has 0 radical (unpaired) electrons. The summed E-state index contributed by atoms with van der Waals surface area (Å²) in [6.07, 6.45) is 0.848. The Hall–Kier alpha value is -0.860. The number of nitrogens with one attached hydrogen (secondary N) is 2. The summed E-state index contributed by atoms with van der Waals surface area (Å²) < 4.78 is 31.9. The van der Waals surface area contributed by atoms with Crippen molar-refractivity contribution >= 4 is 16.0 Å². The van der Waals surface area contributed by atoms with Gasteiger partial charge in [-0.2, -0.15) is 4.31 Å². The van der Waals surface area contributed by atoms with Gasteiger partial charge >= 0.3 is 0 Å². The summed E-state index contributed by atoms with van der Waals surface area (Å²) in [6, 6.07) is 0.295. The van der Waals surface area contributed by atoms with Crippen LogP contribution in [0.25, 0.3) is 0 Å². The van der Waals surface area contributed by atoms with E-state index in [2.05, 4.69) is 29.5 Å². The largest absolute Gasteiger partial charge is 0.373 e. The first-order chi connectivity index (χ1) is 10.3. The Kier molecular flexibility index (Phi) is 7.58. The van der Waals surface area contributed by atoms with Gasteiger partial charge in [-0.25, -0.2) is 8.42 Å². The van der Waals surface area contributed by atoms with E-state index in [9.17, 15) is 8.42 Å². The van der Waals surface area contributed by atoms with Crippen LogP contribution in [0.15, 0.2) is 4.99 Å². The molecule has 1 rings (SSSR count). The predicted octanol–water partition coefficient (Wildman–Crippen LogP) is 0.389. The molecule has 0 saturated carbocycles. The summed E-state index contributed by atoms with van der Waals surface area (Å²) in [6.45, 7) is 9.11. The van der Waals surface area contributed by atoms with E-state index < -0.39 is 10.0 Å². The number of aliphatic imine (C=N–C) groups is 1. The van der Waals surface area contributed by atoms with Gasteiger partial charge < -0.3 is 15.4 Å². The van der Waals surface area contributed by atoms with E-state index in [1.807, 2.05) is 13.8 Å². The minimum Gasteiger partial charge on any atom is -0.373 e. The summed E-state index contributed by atoms with van der Waals surface area (Å²) in [4.78, 5) is 4.10. The van der Waals surface area contributed by atoms with Crippen molar-refractivity contribution in [2.45, 2.75) is 52.4 Å². The van der Waals surface area contributed by atoms with Crippen molar-refractivity contribution < 1.29 is 13.2 Å². The number of ether oxygens (including phenoxy) is 1. The zero-order chi connectivity index (χ0) is 16.8. The molecule has 22 heavy (non-hydrogen) atoms. The molecule has 0 aromatic carbocycles. The lowest BCUT2D eigenvalue weighted by Gasteiger charge is -2.34. The van der Waals surface area contributed by atoms with E-state index in [4.69, 9.17) is 4.74 Å². The maximum absolute atomic E-state index is 12.4. The minimum atomic E-state index is -3.28. The van der Waals surface area contributed by atoms with E-state index in [1.165, 1.54) is 4.31 Å². The van der Waals surface area contributed by atoms with Crippen LogP contribution in [-0.4, -0.2) is 69.4 Å². The van der Waals surface area contributed by atoms with Gasteiger partial charge in [-0.05, 0) is 27.2 Å². The number of sulfonamides is 1. The lowest BCUT2D eigenvalue weighted by Crippen LogP contribution is -2.50. The number of guanidine groups is 1. The van der Waals surface area contributed by atoms with Gasteiger partial charge in [0, 0.05) is 32.7 Å². The molecule has 2 N–H and O–H groups in total. The molecule has 1 heterocycles. The van der Waals surface area contributed by atoms with Crippen LogP contribution in [-0.2, 0) is 14.8 Å². The molecule has 1 aliphatic rings. The molecule has 0 aromatic heterocycles. The van der Waals surface area contributed by atoms with Gasteiger partial charge in [0.05, 0.1) is 18.0 Å². The Morgan fingerprint density at radius 3 is 2.45 bits per heavy atom. The zero-order valence-corrected chi connectivity index (χ0v) is 15.1. The third-order valence-corrected chi connectivity index (χ3v) is 5.46. The molecular weight excluding hydrogens is 304 g/mol. The number of hydrogen-bond acceptors (Lipinski definition) is 4. The van der Waals surface area contributed by atoms with Crippen LogP contribution in [0.3, 0.4) is 0 Å². The fourth-order valence-corrected chi connectivity index (χ4v) is 3.81. The van der Waals surface area contributed by atoms with Gasteiger partial charge in [0.25, 0.3) is 0 Å². The first-order valence-electron chi connectivity index (χ1n) is 7.89. The van der Waals surface area contributed by atoms with E-state index >= 15 is 0 Å². The van der Waals surface area contributed by atoms with Crippen LogP contribution in [0, 0.1) is 0 Å². The third kappa shape index (κ3) is 6.10. The summed E-state index contributed by atoms with van der Waals surface area (Å²) >= 11 is 0. The van der Waals surface area contributed by atoms with Gasteiger partial charge in [-0.3, -0.25) is 4.99 Å². The summed E-state index contributed by atoms with van der Waals surface area (Å²) in [5.41, 5.74) is 0. The summed E-state index contributed by atoms with van der Waals surface area (Å²) in [7, 11) is -1.60.